The van der Waals surface area contributed by atoms with Gasteiger partial charge in [0.2, 0.25) is 0 Å². The molecule has 4 heteroatoms. The first-order valence-corrected chi connectivity index (χ1v) is 17.5. The zero-order valence-electron chi connectivity index (χ0n) is 28.5. The summed E-state index contributed by atoms with van der Waals surface area (Å²) in [6.07, 6.45) is 8.17. The second-order valence-electron chi connectivity index (χ2n) is 13.9. The zero-order chi connectivity index (χ0) is 34.1. The Kier molecular flexibility index (Phi) is 6.49. The van der Waals surface area contributed by atoms with Crippen LogP contribution in [0, 0.1) is 0 Å². The summed E-state index contributed by atoms with van der Waals surface area (Å²) >= 11 is 0. The summed E-state index contributed by atoms with van der Waals surface area (Å²) in [5.74, 6) is 0. The Morgan fingerprint density at radius 1 is 0.451 bits per heavy atom. The predicted octanol–water partition coefficient (Wildman–Crippen LogP) is 11.7. The second kappa shape index (κ2) is 11.3. The van der Waals surface area contributed by atoms with Crippen molar-refractivity contribution in [3.63, 3.8) is 0 Å². The molecule has 4 nitrogen and oxygen atoms in total. The van der Waals surface area contributed by atoms with Gasteiger partial charge in [0.25, 0.3) is 0 Å². The lowest BCUT2D eigenvalue weighted by Crippen LogP contribution is -2.20. The molecule has 1 aliphatic rings. The molecule has 5 aromatic carbocycles. The smallest absolute Gasteiger partial charge is 0.0723 e. The third kappa shape index (κ3) is 4.39. The third-order valence-corrected chi connectivity index (χ3v) is 10.7. The Labute approximate surface area is 297 Å². The van der Waals surface area contributed by atoms with Gasteiger partial charge in [-0.1, -0.05) is 105 Å². The maximum Gasteiger partial charge on any atom is 0.0723 e. The summed E-state index contributed by atoms with van der Waals surface area (Å²) in [7, 11) is 0. The Morgan fingerprint density at radius 2 is 0.980 bits per heavy atom. The van der Waals surface area contributed by atoms with Crippen molar-refractivity contribution in [2.24, 2.45) is 0 Å². The highest BCUT2D eigenvalue weighted by atomic mass is 15.0. The van der Waals surface area contributed by atoms with Crippen molar-refractivity contribution < 1.29 is 0 Å². The molecule has 51 heavy (non-hydrogen) atoms. The molecule has 0 saturated heterocycles. The van der Waals surface area contributed by atoms with Crippen molar-refractivity contribution in [2.75, 3.05) is 0 Å². The number of hydrogen-bond acceptors (Lipinski definition) is 2. The standard InChI is InChI=1S/C47H34N4/c1-47(2)37-23-24-43-36(26-30-50(43)41-19-7-5-15-34(41)39-17-9-11-27-48-39)44(37)32-13-3-4-14-33(32)45-38(47)22-21-31-25-29-51(46(31)45)42-20-8-6-16-35(42)40-18-10-12-28-49-40/h3-30H,1-2H3. The van der Waals surface area contributed by atoms with Crippen LogP contribution in [0.4, 0.5) is 0 Å². The molecular weight excluding hydrogens is 621 g/mol. The van der Waals surface area contributed by atoms with Crippen LogP contribution in [0.25, 0.3) is 77.9 Å². The van der Waals surface area contributed by atoms with Gasteiger partial charge in [-0.2, -0.15) is 0 Å². The van der Waals surface area contributed by atoms with Gasteiger partial charge in [0.15, 0.2) is 0 Å². The molecule has 0 spiro atoms. The van der Waals surface area contributed by atoms with E-state index in [0.29, 0.717) is 0 Å². The third-order valence-electron chi connectivity index (χ3n) is 10.7. The minimum Gasteiger partial charge on any atom is -0.316 e. The number of para-hydroxylation sites is 2. The van der Waals surface area contributed by atoms with Crippen LogP contribution in [0.1, 0.15) is 25.0 Å². The van der Waals surface area contributed by atoms with Crippen LogP contribution >= 0.6 is 0 Å². The highest BCUT2D eigenvalue weighted by Gasteiger charge is 2.36. The van der Waals surface area contributed by atoms with E-state index >= 15 is 0 Å². The molecule has 0 atom stereocenters. The number of benzene rings is 5. The van der Waals surface area contributed by atoms with Crippen LogP contribution in [-0.2, 0) is 5.41 Å². The molecule has 0 unspecified atom stereocenters. The van der Waals surface area contributed by atoms with E-state index < -0.39 is 0 Å². The fourth-order valence-corrected chi connectivity index (χ4v) is 8.37. The molecule has 10 rings (SSSR count). The summed E-state index contributed by atoms with van der Waals surface area (Å²) in [5, 5.41) is 2.45. The van der Waals surface area contributed by atoms with Gasteiger partial charge in [0.1, 0.15) is 0 Å². The summed E-state index contributed by atoms with van der Waals surface area (Å²) in [5.41, 5.74) is 16.1. The molecule has 9 aromatic rings. The normalized spacial score (nSPS) is 13.1. The number of rotatable bonds is 4. The minimum atomic E-state index is -0.296. The van der Waals surface area contributed by atoms with E-state index in [9.17, 15) is 0 Å². The monoisotopic (exact) mass is 654 g/mol. The molecule has 4 heterocycles. The van der Waals surface area contributed by atoms with Crippen molar-refractivity contribution in [1.29, 1.82) is 0 Å². The average molecular weight is 655 g/mol. The van der Waals surface area contributed by atoms with Crippen molar-refractivity contribution >= 4 is 21.8 Å². The van der Waals surface area contributed by atoms with Crippen molar-refractivity contribution in [1.82, 2.24) is 19.1 Å². The quantitative estimate of drug-likeness (QED) is 0.189. The van der Waals surface area contributed by atoms with Gasteiger partial charge in [0, 0.05) is 57.7 Å². The Morgan fingerprint density at radius 3 is 1.63 bits per heavy atom. The average Bonchev–Trinajstić information content (AvgIpc) is 3.81. The molecule has 242 valence electrons. The van der Waals surface area contributed by atoms with Gasteiger partial charge in [-0.3, -0.25) is 9.97 Å². The number of aromatic nitrogens is 4. The van der Waals surface area contributed by atoms with Crippen LogP contribution in [0.3, 0.4) is 0 Å². The fraction of sp³-hybridized carbons (Fsp3) is 0.0638. The first kappa shape index (κ1) is 29.4. The van der Waals surface area contributed by atoms with Gasteiger partial charge in [0.05, 0.1) is 33.8 Å². The first-order chi connectivity index (χ1) is 25.1. The highest BCUT2D eigenvalue weighted by Crippen LogP contribution is 2.53. The molecule has 4 aromatic heterocycles. The fourth-order valence-electron chi connectivity index (χ4n) is 8.37. The molecule has 0 fully saturated rings. The predicted molar refractivity (Wildman–Crippen MR) is 210 cm³/mol. The van der Waals surface area contributed by atoms with Crippen LogP contribution in [0.2, 0.25) is 0 Å². The van der Waals surface area contributed by atoms with Gasteiger partial charge >= 0.3 is 0 Å². The molecule has 0 amide bonds. The largest absolute Gasteiger partial charge is 0.316 e. The topological polar surface area (TPSA) is 35.6 Å². The van der Waals surface area contributed by atoms with E-state index in [-0.39, 0.29) is 5.41 Å². The summed E-state index contributed by atoms with van der Waals surface area (Å²) in [4.78, 5) is 9.45. The first-order valence-electron chi connectivity index (χ1n) is 17.5. The molecule has 1 aliphatic carbocycles. The number of hydrogen-bond donors (Lipinski definition) is 0. The number of pyridine rings is 2. The van der Waals surface area contributed by atoms with Gasteiger partial charge in [-0.05, 0) is 82.4 Å². The van der Waals surface area contributed by atoms with Crippen LogP contribution in [0.5, 0.6) is 0 Å². The summed E-state index contributed by atoms with van der Waals surface area (Å²) in [6, 6.07) is 52.2. The van der Waals surface area contributed by atoms with Crippen LogP contribution in [-0.4, -0.2) is 19.1 Å². The maximum absolute atomic E-state index is 4.74. The summed E-state index contributed by atoms with van der Waals surface area (Å²) < 4.78 is 4.70. The zero-order valence-corrected chi connectivity index (χ0v) is 28.5. The molecule has 0 radical (unpaired) electrons. The summed E-state index contributed by atoms with van der Waals surface area (Å²) in [6.45, 7) is 4.77. The van der Waals surface area contributed by atoms with Crippen LogP contribution in [0.15, 0.2) is 170 Å². The van der Waals surface area contributed by atoms with E-state index in [2.05, 4.69) is 163 Å². The highest BCUT2D eigenvalue weighted by molar-refractivity contribution is 6.09. The van der Waals surface area contributed by atoms with E-state index in [4.69, 9.17) is 9.97 Å². The lowest BCUT2D eigenvalue weighted by atomic mass is 9.74. The SMILES string of the molecule is CC1(C)c2ccc3c(ccn3-c3ccccc3-c3ccccn3)c2-c2ccccc2-c2c1ccc1ccn(-c3ccccc3-c3ccccn3)c21. The van der Waals surface area contributed by atoms with Gasteiger partial charge in [-0.25, -0.2) is 0 Å². The second-order valence-corrected chi connectivity index (χ2v) is 13.9. The molecular formula is C47H34N4. The van der Waals surface area contributed by atoms with Gasteiger partial charge < -0.3 is 9.13 Å². The van der Waals surface area contributed by atoms with E-state index in [1.54, 1.807) is 0 Å². The lowest BCUT2D eigenvalue weighted by molar-refractivity contribution is 0.647. The molecule has 0 N–H and O–H groups in total. The van der Waals surface area contributed by atoms with Gasteiger partial charge in [-0.15, -0.1) is 0 Å². The Hall–Kier alpha value is -6.52. The molecule has 0 saturated carbocycles. The van der Waals surface area contributed by atoms with Crippen LogP contribution < -0.4 is 0 Å². The van der Waals surface area contributed by atoms with Crippen molar-refractivity contribution in [3.8, 4) is 56.1 Å². The Balaban J connectivity index is 1.25. The molecule has 0 bridgehead atoms. The maximum atomic E-state index is 4.74. The minimum absolute atomic E-state index is 0.296. The Bertz CT molecular complexity index is 2770. The van der Waals surface area contributed by atoms with E-state index in [1.165, 1.54) is 55.2 Å². The number of nitrogens with zero attached hydrogens (tertiary/aromatic N) is 4. The number of fused-ring (bicyclic) bond motifs is 9. The van der Waals surface area contributed by atoms with Crippen molar-refractivity contribution in [2.45, 2.75) is 19.3 Å². The van der Waals surface area contributed by atoms with Crippen molar-refractivity contribution in [3.05, 3.63) is 182 Å². The van der Waals surface area contributed by atoms with E-state index in [1.807, 2.05) is 30.6 Å². The van der Waals surface area contributed by atoms with E-state index in [0.717, 1.165) is 33.9 Å². The molecule has 0 aliphatic heterocycles. The lowest BCUT2D eigenvalue weighted by Gasteiger charge is -2.29.